The number of thiocarbonyl (C=S) groups is 1. The van der Waals surface area contributed by atoms with E-state index in [2.05, 4.69) is 14.7 Å². The van der Waals surface area contributed by atoms with Crippen molar-refractivity contribution in [3.8, 4) is 0 Å². The van der Waals surface area contributed by atoms with Crippen LogP contribution in [-0.4, -0.2) is 24.3 Å². The average molecular weight is 384 g/mol. The Kier molecular flexibility index (Phi) is 6.23. The van der Waals surface area contributed by atoms with Crippen LogP contribution >= 0.6 is 23.6 Å². The Morgan fingerprint density at radius 2 is 2.00 bits per heavy atom. The average Bonchev–Trinajstić information content (AvgIpc) is 2.94. The molecule has 0 fully saturated rings. The molecule has 2 rings (SSSR count). The number of hydrogen-bond acceptors (Lipinski definition) is 6. The van der Waals surface area contributed by atoms with Gasteiger partial charge in [0.2, 0.25) is 5.13 Å². The van der Waals surface area contributed by atoms with E-state index in [1.165, 1.54) is 23.5 Å². The van der Waals surface area contributed by atoms with E-state index in [9.17, 15) is 8.42 Å². The van der Waals surface area contributed by atoms with Crippen molar-refractivity contribution in [3.63, 3.8) is 0 Å². The molecule has 0 radical (unpaired) electrons. The molecule has 24 heavy (non-hydrogen) atoms. The summed E-state index contributed by atoms with van der Waals surface area (Å²) in [6.07, 6.45) is 1.77. The number of nitrogens with one attached hydrogen (secondary N) is 1. The predicted octanol–water partition coefficient (Wildman–Crippen LogP) is 1.68. The van der Waals surface area contributed by atoms with E-state index in [-0.39, 0.29) is 15.8 Å². The third kappa shape index (κ3) is 5.55. The highest BCUT2D eigenvalue weighted by Crippen LogP contribution is 2.19. The number of benzene rings is 1. The van der Waals surface area contributed by atoms with Crippen molar-refractivity contribution in [2.75, 3.05) is 0 Å². The van der Waals surface area contributed by atoms with E-state index in [1.807, 2.05) is 5.38 Å². The number of sulfonamides is 1. The zero-order valence-electron chi connectivity index (χ0n) is 12.7. The first-order chi connectivity index (χ1) is 11.4. The Hall–Kier alpha value is -2.04. The maximum absolute atomic E-state index is 12.1. The van der Waals surface area contributed by atoms with Crippen LogP contribution in [-0.2, 0) is 16.4 Å². The Labute approximate surface area is 149 Å². The normalized spacial score (nSPS) is 11.0. The molecular weight excluding hydrogens is 366 g/mol. The predicted molar refractivity (Wildman–Crippen MR) is 99.9 cm³/mol. The van der Waals surface area contributed by atoms with Gasteiger partial charge in [-0.25, -0.2) is 13.4 Å². The van der Waals surface area contributed by atoms with Crippen molar-refractivity contribution in [1.29, 1.82) is 0 Å². The molecule has 1 aromatic carbocycles. The van der Waals surface area contributed by atoms with Gasteiger partial charge in [0.25, 0.3) is 10.0 Å². The summed E-state index contributed by atoms with van der Waals surface area (Å²) in [6, 6.07) is 8.11. The summed E-state index contributed by atoms with van der Waals surface area (Å²) in [4.78, 5) is 8.59. The number of aromatic nitrogens is 1. The van der Waals surface area contributed by atoms with Crippen molar-refractivity contribution in [3.05, 3.63) is 41.4 Å². The Morgan fingerprint density at radius 1 is 1.29 bits per heavy atom. The molecule has 2 aromatic rings. The smallest absolute Gasteiger partial charge is 0.262 e. The Bertz CT molecular complexity index is 827. The summed E-state index contributed by atoms with van der Waals surface area (Å²) in [6.45, 7) is 0. The molecule has 0 atom stereocenters. The lowest BCUT2D eigenvalue weighted by Crippen LogP contribution is -2.29. The van der Waals surface area contributed by atoms with Gasteiger partial charge in [-0.1, -0.05) is 30.4 Å². The molecule has 128 valence electrons. The van der Waals surface area contributed by atoms with Crippen molar-refractivity contribution < 1.29 is 8.42 Å². The Morgan fingerprint density at radius 3 is 2.67 bits per heavy atom. The first-order valence-electron chi connectivity index (χ1n) is 7.01. The van der Waals surface area contributed by atoms with Crippen molar-refractivity contribution in [2.24, 2.45) is 16.5 Å². The number of aryl methyl sites for hydroxylation is 1. The SMILES string of the molecule is NC(N)=Nc1nc(CCCC(=S)NS(=O)(=O)c2ccccc2)cs1. The van der Waals surface area contributed by atoms with Gasteiger partial charge in [0, 0.05) is 5.38 Å². The van der Waals surface area contributed by atoms with Crippen LogP contribution in [0.4, 0.5) is 5.13 Å². The van der Waals surface area contributed by atoms with Crippen molar-refractivity contribution in [1.82, 2.24) is 9.71 Å². The first kappa shape index (κ1) is 18.3. The summed E-state index contributed by atoms with van der Waals surface area (Å²) in [5.41, 5.74) is 11.4. The molecule has 0 aliphatic rings. The van der Waals surface area contributed by atoms with Crippen LogP contribution in [0.1, 0.15) is 18.5 Å². The van der Waals surface area contributed by atoms with Gasteiger partial charge in [-0.2, -0.15) is 4.99 Å². The molecule has 7 nitrogen and oxygen atoms in total. The van der Waals surface area contributed by atoms with Crippen molar-refractivity contribution >= 4 is 49.7 Å². The van der Waals surface area contributed by atoms with Crippen LogP contribution in [0.2, 0.25) is 0 Å². The summed E-state index contributed by atoms with van der Waals surface area (Å²) in [7, 11) is -3.61. The minimum Gasteiger partial charge on any atom is -0.370 e. The zero-order valence-corrected chi connectivity index (χ0v) is 15.1. The van der Waals surface area contributed by atoms with Crippen LogP contribution in [0.15, 0.2) is 45.6 Å². The van der Waals surface area contributed by atoms with Gasteiger partial charge < -0.3 is 11.5 Å². The number of aliphatic imine (C=N–C) groups is 1. The van der Waals surface area contributed by atoms with E-state index >= 15 is 0 Å². The van der Waals surface area contributed by atoms with Crippen LogP contribution < -0.4 is 16.2 Å². The van der Waals surface area contributed by atoms with E-state index in [0.717, 1.165) is 5.69 Å². The third-order valence-corrected chi connectivity index (χ3v) is 5.53. The summed E-state index contributed by atoms with van der Waals surface area (Å²) >= 11 is 6.46. The third-order valence-electron chi connectivity index (χ3n) is 2.90. The number of rotatable bonds is 7. The fourth-order valence-electron chi connectivity index (χ4n) is 1.86. The first-order valence-corrected chi connectivity index (χ1v) is 9.78. The second-order valence-corrected chi connectivity index (χ2v) is 7.87. The summed E-state index contributed by atoms with van der Waals surface area (Å²) in [5.74, 6) is -0.0348. The number of hydrogen-bond donors (Lipinski definition) is 3. The molecule has 0 aliphatic carbocycles. The highest BCUT2D eigenvalue weighted by Gasteiger charge is 2.14. The van der Waals surface area contributed by atoms with Gasteiger partial charge in [0.05, 0.1) is 15.6 Å². The van der Waals surface area contributed by atoms with Crippen LogP contribution in [0, 0.1) is 0 Å². The van der Waals surface area contributed by atoms with E-state index in [1.54, 1.807) is 18.2 Å². The molecule has 1 heterocycles. The highest BCUT2D eigenvalue weighted by molar-refractivity contribution is 7.91. The van der Waals surface area contributed by atoms with E-state index < -0.39 is 10.0 Å². The molecule has 0 saturated carbocycles. The van der Waals surface area contributed by atoms with Crippen LogP contribution in [0.25, 0.3) is 0 Å². The quantitative estimate of drug-likeness (QED) is 0.380. The van der Waals surface area contributed by atoms with Crippen LogP contribution in [0.3, 0.4) is 0 Å². The van der Waals surface area contributed by atoms with Crippen LogP contribution in [0.5, 0.6) is 0 Å². The second kappa shape index (κ2) is 8.18. The molecule has 0 unspecified atom stereocenters. The number of nitrogens with zero attached hydrogens (tertiary/aromatic N) is 2. The molecule has 0 spiro atoms. The molecule has 5 N–H and O–H groups in total. The topological polar surface area (TPSA) is 123 Å². The number of guanidine groups is 1. The van der Waals surface area contributed by atoms with E-state index in [4.69, 9.17) is 23.7 Å². The summed E-state index contributed by atoms with van der Waals surface area (Å²) < 4.78 is 26.7. The number of thiazole rings is 1. The molecular formula is C14H17N5O2S3. The number of nitrogens with two attached hydrogens (primary N) is 2. The van der Waals surface area contributed by atoms with Gasteiger partial charge in [-0.15, -0.1) is 11.3 Å². The standard InChI is InChI=1S/C14H17N5O2S3/c15-13(16)18-14-17-10(9-23-14)5-4-8-12(22)19-24(20,21)11-6-2-1-3-7-11/h1-3,6-7,9H,4-5,8H2,(H,19,22)(H4,15,16,17,18). The van der Waals surface area contributed by atoms with Gasteiger partial charge >= 0.3 is 0 Å². The summed E-state index contributed by atoms with van der Waals surface area (Å²) in [5, 5.41) is 2.36. The molecule has 0 aliphatic heterocycles. The zero-order chi connectivity index (χ0) is 17.6. The lowest BCUT2D eigenvalue weighted by molar-refractivity contribution is 0.592. The minimum atomic E-state index is -3.61. The molecule has 10 heteroatoms. The Balaban J connectivity index is 1.83. The highest BCUT2D eigenvalue weighted by atomic mass is 32.2. The van der Waals surface area contributed by atoms with Crippen molar-refractivity contribution in [2.45, 2.75) is 24.2 Å². The van der Waals surface area contributed by atoms with Gasteiger partial charge in [-0.3, -0.25) is 4.72 Å². The van der Waals surface area contributed by atoms with Gasteiger partial charge in [0.15, 0.2) is 5.96 Å². The maximum atomic E-state index is 12.1. The lowest BCUT2D eigenvalue weighted by atomic mass is 10.2. The molecule has 0 amide bonds. The fourth-order valence-corrected chi connectivity index (χ4v) is 4.11. The maximum Gasteiger partial charge on any atom is 0.262 e. The largest absolute Gasteiger partial charge is 0.370 e. The minimum absolute atomic E-state index is 0.0348. The molecule has 0 bridgehead atoms. The van der Waals surface area contributed by atoms with E-state index in [0.29, 0.717) is 24.4 Å². The fraction of sp³-hybridized carbons (Fsp3) is 0.214. The van der Waals surface area contributed by atoms with Gasteiger partial charge in [0.1, 0.15) is 0 Å². The lowest BCUT2D eigenvalue weighted by Gasteiger charge is -2.08. The monoisotopic (exact) mass is 383 g/mol. The van der Waals surface area contributed by atoms with Gasteiger partial charge in [-0.05, 0) is 31.4 Å². The molecule has 0 saturated heterocycles. The molecule has 1 aromatic heterocycles. The second-order valence-electron chi connectivity index (χ2n) is 4.85.